The normalized spacial score (nSPS) is 10.3. The third-order valence-electron chi connectivity index (χ3n) is 2.46. The molecule has 0 amide bonds. The summed E-state index contributed by atoms with van der Waals surface area (Å²) in [6, 6.07) is 11.2. The van der Waals surface area contributed by atoms with Crippen LogP contribution in [0.15, 0.2) is 42.5 Å². The summed E-state index contributed by atoms with van der Waals surface area (Å²) in [6.45, 7) is 1.91. The molecular formula is C14H10ClFO. The van der Waals surface area contributed by atoms with Crippen LogP contribution in [0.25, 0.3) is 0 Å². The number of rotatable bonds is 2. The van der Waals surface area contributed by atoms with E-state index in [1.165, 1.54) is 18.2 Å². The average Bonchev–Trinajstić information content (AvgIpc) is 2.32. The smallest absolute Gasteiger partial charge is 0.193 e. The zero-order valence-electron chi connectivity index (χ0n) is 9.21. The predicted octanol–water partition coefficient (Wildman–Crippen LogP) is 4.02. The lowest BCUT2D eigenvalue weighted by Gasteiger charge is -2.03. The van der Waals surface area contributed by atoms with Crippen LogP contribution in [0.1, 0.15) is 21.5 Å². The molecule has 0 atom stereocenters. The molecule has 0 N–H and O–H groups in total. The minimum Gasteiger partial charge on any atom is -0.289 e. The number of hydrogen-bond donors (Lipinski definition) is 0. The van der Waals surface area contributed by atoms with Crippen LogP contribution in [0.5, 0.6) is 0 Å². The highest BCUT2D eigenvalue weighted by Gasteiger charge is 2.11. The Labute approximate surface area is 104 Å². The first kappa shape index (κ1) is 11.8. The number of carbonyl (C=O) groups excluding carboxylic acids is 1. The molecule has 0 fully saturated rings. The number of aryl methyl sites for hydroxylation is 1. The molecule has 0 unspecified atom stereocenters. The Kier molecular flexibility index (Phi) is 3.25. The summed E-state index contributed by atoms with van der Waals surface area (Å²) < 4.78 is 13.0. The van der Waals surface area contributed by atoms with Crippen molar-refractivity contribution in [3.63, 3.8) is 0 Å². The molecule has 0 saturated heterocycles. The molecule has 2 aromatic carbocycles. The molecule has 86 valence electrons. The van der Waals surface area contributed by atoms with Crippen molar-refractivity contribution in [2.45, 2.75) is 6.92 Å². The lowest BCUT2D eigenvalue weighted by Crippen LogP contribution is -2.01. The molecule has 0 aromatic heterocycles. The van der Waals surface area contributed by atoms with E-state index in [0.717, 1.165) is 5.56 Å². The molecule has 1 nitrogen and oxygen atoms in total. The van der Waals surface area contributed by atoms with Gasteiger partial charge in [-0.2, -0.15) is 0 Å². The second-order valence-corrected chi connectivity index (χ2v) is 4.23. The molecule has 0 spiro atoms. The Morgan fingerprint density at radius 1 is 1.12 bits per heavy atom. The van der Waals surface area contributed by atoms with Crippen LogP contribution >= 0.6 is 11.6 Å². The Morgan fingerprint density at radius 2 is 1.82 bits per heavy atom. The molecule has 0 heterocycles. The monoisotopic (exact) mass is 248 g/mol. The fourth-order valence-electron chi connectivity index (χ4n) is 1.59. The van der Waals surface area contributed by atoms with Crippen molar-refractivity contribution in [1.82, 2.24) is 0 Å². The van der Waals surface area contributed by atoms with Gasteiger partial charge in [-0.3, -0.25) is 4.79 Å². The quantitative estimate of drug-likeness (QED) is 0.734. The summed E-state index contributed by atoms with van der Waals surface area (Å²) in [5, 5.41) is -0.0384. The number of halogens is 2. The number of benzene rings is 2. The third-order valence-corrected chi connectivity index (χ3v) is 2.75. The maximum Gasteiger partial charge on any atom is 0.193 e. The lowest BCUT2D eigenvalue weighted by atomic mass is 10.0. The Bertz CT molecular complexity index is 578. The minimum atomic E-state index is -0.521. The van der Waals surface area contributed by atoms with E-state index in [4.69, 9.17) is 11.6 Å². The largest absolute Gasteiger partial charge is 0.289 e. The fourth-order valence-corrected chi connectivity index (χ4v) is 1.77. The van der Waals surface area contributed by atoms with Crippen LogP contribution in [0, 0.1) is 12.7 Å². The summed E-state index contributed by atoms with van der Waals surface area (Å²) in [6.07, 6.45) is 0. The SMILES string of the molecule is Cc1cccc(C(=O)c2ccc(F)c(Cl)c2)c1. The molecule has 17 heavy (non-hydrogen) atoms. The lowest BCUT2D eigenvalue weighted by molar-refractivity contribution is 0.103. The van der Waals surface area contributed by atoms with E-state index in [9.17, 15) is 9.18 Å². The van der Waals surface area contributed by atoms with Crippen molar-refractivity contribution in [1.29, 1.82) is 0 Å². The van der Waals surface area contributed by atoms with Gasteiger partial charge in [0.15, 0.2) is 5.78 Å². The van der Waals surface area contributed by atoms with Gasteiger partial charge in [0.05, 0.1) is 5.02 Å². The van der Waals surface area contributed by atoms with Crippen LogP contribution in [-0.4, -0.2) is 5.78 Å². The molecule has 2 rings (SSSR count). The van der Waals surface area contributed by atoms with E-state index >= 15 is 0 Å². The van der Waals surface area contributed by atoms with Gasteiger partial charge in [-0.15, -0.1) is 0 Å². The third kappa shape index (κ3) is 2.53. The van der Waals surface area contributed by atoms with Crippen molar-refractivity contribution in [3.05, 3.63) is 70.0 Å². The van der Waals surface area contributed by atoms with E-state index in [1.54, 1.807) is 12.1 Å². The zero-order valence-corrected chi connectivity index (χ0v) is 9.96. The first-order chi connectivity index (χ1) is 8.08. The predicted molar refractivity (Wildman–Crippen MR) is 66.0 cm³/mol. The van der Waals surface area contributed by atoms with Gasteiger partial charge in [0.25, 0.3) is 0 Å². The first-order valence-corrected chi connectivity index (χ1v) is 5.52. The molecule has 0 bridgehead atoms. The van der Waals surface area contributed by atoms with Crippen molar-refractivity contribution in [2.24, 2.45) is 0 Å². The topological polar surface area (TPSA) is 17.1 Å². The molecule has 2 aromatic rings. The summed E-state index contributed by atoms with van der Waals surface area (Å²) in [7, 11) is 0. The summed E-state index contributed by atoms with van der Waals surface area (Å²) in [5.41, 5.74) is 1.97. The maximum atomic E-state index is 13.0. The maximum absolute atomic E-state index is 13.0. The number of carbonyl (C=O) groups is 1. The van der Waals surface area contributed by atoms with Gasteiger partial charge in [0.2, 0.25) is 0 Å². The highest BCUT2D eigenvalue weighted by Crippen LogP contribution is 2.18. The van der Waals surface area contributed by atoms with Gasteiger partial charge in [0, 0.05) is 11.1 Å². The van der Waals surface area contributed by atoms with Crippen molar-refractivity contribution in [2.75, 3.05) is 0 Å². The molecule has 0 aliphatic heterocycles. The van der Waals surface area contributed by atoms with E-state index in [2.05, 4.69) is 0 Å². The van der Waals surface area contributed by atoms with E-state index < -0.39 is 5.82 Å². The Hall–Kier alpha value is -1.67. The Morgan fingerprint density at radius 3 is 2.47 bits per heavy atom. The van der Waals surface area contributed by atoms with E-state index in [-0.39, 0.29) is 10.8 Å². The summed E-state index contributed by atoms with van der Waals surface area (Å²) in [5.74, 6) is -0.678. The van der Waals surface area contributed by atoms with Crippen LogP contribution < -0.4 is 0 Å². The van der Waals surface area contributed by atoms with Crippen LogP contribution in [-0.2, 0) is 0 Å². The van der Waals surface area contributed by atoms with Gasteiger partial charge in [-0.1, -0.05) is 35.4 Å². The van der Waals surface area contributed by atoms with Crippen molar-refractivity contribution in [3.8, 4) is 0 Å². The van der Waals surface area contributed by atoms with Gasteiger partial charge in [0.1, 0.15) is 5.82 Å². The first-order valence-electron chi connectivity index (χ1n) is 5.14. The second-order valence-electron chi connectivity index (χ2n) is 3.83. The van der Waals surface area contributed by atoms with Gasteiger partial charge >= 0.3 is 0 Å². The van der Waals surface area contributed by atoms with Crippen molar-refractivity contribution < 1.29 is 9.18 Å². The van der Waals surface area contributed by atoms with Gasteiger partial charge < -0.3 is 0 Å². The summed E-state index contributed by atoms with van der Waals surface area (Å²) in [4.78, 5) is 12.1. The molecule has 0 radical (unpaired) electrons. The minimum absolute atomic E-state index is 0.0384. The molecular weight excluding hydrogens is 239 g/mol. The van der Waals surface area contributed by atoms with Crippen LogP contribution in [0.3, 0.4) is 0 Å². The van der Waals surface area contributed by atoms with Gasteiger partial charge in [-0.25, -0.2) is 4.39 Å². The number of ketones is 1. The van der Waals surface area contributed by atoms with Gasteiger partial charge in [-0.05, 0) is 31.2 Å². The Balaban J connectivity index is 2.40. The van der Waals surface area contributed by atoms with E-state index in [1.807, 2.05) is 19.1 Å². The van der Waals surface area contributed by atoms with Crippen LogP contribution in [0.2, 0.25) is 5.02 Å². The standard InChI is InChI=1S/C14H10ClFO/c1-9-3-2-4-10(7-9)14(17)11-5-6-13(16)12(15)8-11/h2-8H,1H3. The second kappa shape index (κ2) is 4.68. The van der Waals surface area contributed by atoms with Crippen molar-refractivity contribution >= 4 is 17.4 Å². The highest BCUT2D eigenvalue weighted by atomic mass is 35.5. The molecule has 0 aliphatic rings. The summed E-state index contributed by atoms with van der Waals surface area (Å²) >= 11 is 5.65. The van der Waals surface area contributed by atoms with Crippen LogP contribution in [0.4, 0.5) is 4.39 Å². The fraction of sp³-hybridized carbons (Fsp3) is 0.0714. The average molecular weight is 249 g/mol. The number of hydrogen-bond acceptors (Lipinski definition) is 1. The molecule has 0 saturated carbocycles. The molecule has 0 aliphatic carbocycles. The van der Waals surface area contributed by atoms with E-state index in [0.29, 0.717) is 11.1 Å². The zero-order chi connectivity index (χ0) is 12.4. The highest BCUT2D eigenvalue weighted by molar-refractivity contribution is 6.31. The molecule has 3 heteroatoms.